The Morgan fingerprint density at radius 1 is 1.07 bits per heavy atom. The van der Waals surface area contributed by atoms with E-state index in [4.69, 9.17) is 4.74 Å². The van der Waals surface area contributed by atoms with Crippen LogP contribution in [0.15, 0.2) is 59.5 Å². The maximum Gasteiger partial charge on any atom is 0.334 e. The molecule has 0 aliphatic carbocycles. The van der Waals surface area contributed by atoms with Crippen LogP contribution in [0.1, 0.15) is 13.8 Å². The zero-order valence-electron chi connectivity index (χ0n) is 17.7. The number of hydrogen-bond acceptors (Lipinski definition) is 4. The molecule has 4 rings (SSSR count). The number of nitrogens with zero attached hydrogens (tertiary/aromatic N) is 4. The molecule has 4 aromatic rings. The summed E-state index contributed by atoms with van der Waals surface area (Å²) in [6, 6.07) is 15.4. The molecule has 7 heteroatoms. The van der Waals surface area contributed by atoms with E-state index in [9.17, 15) is 9.59 Å². The van der Waals surface area contributed by atoms with Gasteiger partial charge in [-0.15, -0.1) is 0 Å². The zero-order chi connectivity index (χ0) is 21.7. The molecule has 2 heterocycles. The van der Waals surface area contributed by atoms with Crippen LogP contribution in [0.2, 0.25) is 0 Å². The summed E-state index contributed by atoms with van der Waals surface area (Å²) in [5, 5.41) is 0.953. The molecule has 0 spiro atoms. The number of ether oxygens (including phenoxy) is 1. The van der Waals surface area contributed by atoms with E-state index in [0.717, 1.165) is 47.4 Å². The number of rotatable bonds is 5. The number of fused-ring (bicyclic) bond motifs is 3. The SMILES string of the molecule is CCN(C=O)CC.COc1ccc(-c2cn3c(=O)n(C)c4ccccc4c3n2)cc1. The van der Waals surface area contributed by atoms with Crippen molar-refractivity contribution in [3.63, 3.8) is 0 Å². The van der Waals surface area contributed by atoms with E-state index in [1.165, 1.54) is 0 Å². The molecule has 0 bridgehead atoms. The van der Waals surface area contributed by atoms with Crippen molar-refractivity contribution < 1.29 is 9.53 Å². The predicted molar refractivity (Wildman–Crippen MR) is 119 cm³/mol. The fourth-order valence-corrected chi connectivity index (χ4v) is 3.21. The number of methoxy groups -OCH3 is 1. The number of para-hydroxylation sites is 1. The van der Waals surface area contributed by atoms with Gasteiger partial charge in [-0.2, -0.15) is 0 Å². The van der Waals surface area contributed by atoms with Crippen LogP contribution in [0.3, 0.4) is 0 Å². The van der Waals surface area contributed by atoms with E-state index in [2.05, 4.69) is 4.98 Å². The van der Waals surface area contributed by atoms with Gasteiger partial charge in [0.2, 0.25) is 6.41 Å². The van der Waals surface area contributed by atoms with E-state index in [-0.39, 0.29) is 5.69 Å². The standard InChI is InChI=1S/C18H15N3O2.C5H11NO/c1-20-16-6-4-3-5-14(16)17-19-15(11-21(17)18(20)22)12-7-9-13(23-2)10-8-12;1-3-6(4-2)5-7/h3-11H,1-2H3;5H,3-4H2,1-2H3. The summed E-state index contributed by atoms with van der Waals surface area (Å²) in [6.45, 7) is 5.55. The Balaban J connectivity index is 0.000000318. The van der Waals surface area contributed by atoms with Gasteiger partial charge in [-0.25, -0.2) is 9.78 Å². The van der Waals surface area contributed by atoms with Crippen LogP contribution in [0.5, 0.6) is 5.75 Å². The van der Waals surface area contributed by atoms with Crippen molar-refractivity contribution in [2.75, 3.05) is 20.2 Å². The predicted octanol–water partition coefficient (Wildman–Crippen LogP) is 3.35. The molecule has 30 heavy (non-hydrogen) atoms. The molecule has 0 atom stereocenters. The van der Waals surface area contributed by atoms with Gasteiger partial charge in [0, 0.05) is 37.3 Å². The quantitative estimate of drug-likeness (QED) is 0.477. The first-order chi connectivity index (χ1) is 14.5. The molecule has 2 aromatic heterocycles. The van der Waals surface area contributed by atoms with Gasteiger partial charge >= 0.3 is 5.69 Å². The average Bonchev–Trinajstić information content (AvgIpc) is 3.25. The fourth-order valence-electron chi connectivity index (χ4n) is 3.21. The number of benzene rings is 2. The number of carbonyl (C=O) groups is 1. The van der Waals surface area contributed by atoms with E-state index in [1.807, 2.05) is 62.4 Å². The summed E-state index contributed by atoms with van der Waals surface area (Å²) in [4.78, 5) is 28.8. The summed E-state index contributed by atoms with van der Waals surface area (Å²) in [6.07, 6.45) is 2.64. The molecule has 0 aliphatic rings. The van der Waals surface area contributed by atoms with Crippen molar-refractivity contribution in [3.05, 3.63) is 65.2 Å². The highest BCUT2D eigenvalue weighted by atomic mass is 16.5. The lowest BCUT2D eigenvalue weighted by Gasteiger charge is -2.08. The number of aromatic nitrogens is 3. The maximum absolute atomic E-state index is 12.6. The number of hydrogen-bond donors (Lipinski definition) is 0. The minimum Gasteiger partial charge on any atom is -0.497 e. The van der Waals surface area contributed by atoms with Crippen LogP contribution in [0.4, 0.5) is 0 Å². The summed E-state index contributed by atoms with van der Waals surface area (Å²) in [7, 11) is 3.41. The largest absolute Gasteiger partial charge is 0.497 e. The van der Waals surface area contributed by atoms with Crippen molar-refractivity contribution >= 4 is 23.0 Å². The molecule has 2 aromatic carbocycles. The Morgan fingerprint density at radius 3 is 2.30 bits per heavy atom. The topological polar surface area (TPSA) is 68.8 Å². The number of amides is 1. The number of imidazole rings is 1. The molecule has 0 saturated carbocycles. The molecule has 0 radical (unpaired) electrons. The monoisotopic (exact) mass is 406 g/mol. The Hall–Kier alpha value is -3.61. The minimum atomic E-state index is -0.106. The maximum atomic E-state index is 12.6. The lowest BCUT2D eigenvalue weighted by molar-refractivity contribution is -0.117. The van der Waals surface area contributed by atoms with Crippen LogP contribution < -0.4 is 10.4 Å². The van der Waals surface area contributed by atoms with Crippen LogP contribution in [0, 0.1) is 0 Å². The van der Waals surface area contributed by atoms with Crippen molar-refractivity contribution in [3.8, 4) is 17.0 Å². The smallest absolute Gasteiger partial charge is 0.334 e. The second-order valence-electron chi connectivity index (χ2n) is 6.73. The second kappa shape index (κ2) is 9.26. The lowest BCUT2D eigenvalue weighted by atomic mass is 10.2. The van der Waals surface area contributed by atoms with Crippen molar-refractivity contribution in [1.29, 1.82) is 0 Å². The molecule has 156 valence electrons. The molecule has 0 aliphatic heterocycles. The van der Waals surface area contributed by atoms with E-state index in [1.54, 1.807) is 34.2 Å². The van der Waals surface area contributed by atoms with Gasteiger partial charge in [-0.3, -0.25) is 13.8 Å². The summed E-state index contributed by atoms with van der Waals surface area (Å²) in [5.41, 5.74) is 3.15. The lowest BCUT2D eigenvalue weighted by Crippen LogP contribution is -2.23. The Kier molecular flexibility index (Phi) is 6.51. The Morgan fingerprint density at radius 2 is 1.73 bits per heavy atom. The van der Waals surface area contributed by atoms with E-state index < -0.39 is 0 Å². The van der Waals surface area contributed by atoms with Gasteiger partial charge in [0.25, 0.3) is 0 Å². The highest BCUT2D eigenvalue weighted by Crippen LogP contribution is 2.24. The van der Waals surface area contributed by atoms with Gasteiger partial charge in [0.15, 0.2) is 5.65 Å². The third-order valence-corrected chi connectivity index (χ3v) is 5.05. The molecule has 0 fully saturated rings. The normalized spacial score (nSPS) is 10.5. The first-order valence-corrected chi connectivity index (χ1v) is 9.84. The van der Waals surface area contributed by atoms with Gasteiger partial charge < -0.3 is 9.64 Å². The van der Waals surface area contributed by atoms with Crippen molar-refractivity contribution in [2.24, 2.45) is 7.05 Å². The van der Waals surface area contributed by atoms with E-state index in [0.29, 0.717) is 5.65 Å². The highest BCUT2D eigenvalue weighted by Gasteiger charge is 2.12. The van der Waals surface area contributed by atoms with Gasteiger partial charge in [-0.1, -0.05) is 12.1 Å². The van der Waals surface area contributed by atoms with Crippen LogP contribution >= 0.6 is 0 Å². The van der Waals surface area contributed by atoms with Crippen LogP contribution in [-0.4, -0.2) is 45.5 Å². The fraction of sp³-hybridized carbons (Fsp3) is 0.261. The molecular formula is C23H26N4O3. The molecular weight excluding hydrogens is 380 g/mol. The molecule has 7 nitrogen and oxygen atoms in total. The Bertz CT molecular complexity index is 1210. The van der Waals surface area contributed by atoms with Crippen LogP contribution in [-0.2, 0) is 11.8 Å². The molecule has 0 unspecified atom stereocenters. The summed E-state index contributed by atoms with van der Waals surface area (Å²) >= 11 is 0. The second-order valence-corrected chi connectivity index (χ2v) is 6.73. The first-order valence-electron chi connectivity index (χ1n) is 9.84. The average molecular weight is 406 g/mol. The van der Waals surface area contributed by atoms with Gasteiger partial charge in [0.05, 0.1) is 18.3 Å². The van der Waals surface area contributed by atoms with Crippen molar-refractivity contribution in [2.45, 2.75) is 13.8 Å². The van der Waals surface area contributed by atoms with Crippen LogP contribution in [0.25, 0.3) is 27.8 Å². The third kappa shape index (κ3) is 4.05. The summed E-state index contributed by atoms with van der Waals surface area (Å²) < 4.78 is 8.42. The summed E-state index contributed by atoms with van der Waals surface area (Å²) in [5.74, 6) is 0.791. The Labute approximate surface area is 175 Å². The van der Waals surface area contributed by atoms with Crippen molar-refractivity contribution in [1.82, 2.24) is 18.9 Å². The number of aryl methyl sites for hydroxylation is 1. The molecule has 0 N–H and O–H groups in total. The highest BCUT2D eigenvalue weighted by molar-refractivity contribution is 5.92. The molecule has 1 amide bonds. The van der Waals surface area contributed by atoms with E-state index >= 15 is 0 Å². The first kappa shape index (κ1) is 21.1. The number of carbonyl (C=O) groups excluding carboxylic acids is 1. The third-order valence-electron chi connectivity index (χ3n) is 5.05. The van der Waals surface area contributed by atoms with Gasteiger partial charge in [0.1, 0.15) is 5.75 Å². The molecule has 0 saturated heterocycles. The van der Waals surface area contributed by atoms with Gasteiger partial charge in [-0.05, 0) is 50.2 Å². The minimum absolute atomic E-state index is 0.106. The zero-order valence-corrected chi connectivity index (χ0v) is 17.7.